The lowest BCUT2D eigenvalue weighted by atomic mass is 10.1. The molecule has 0 spiro atoms. The summed E-state index contributed by atoms with van der Waals surface area (Å²) in [4.78, 5) is 4.28. The van der Waals surface area contributed by atoms with Crippen molar-refractivity contribution in [3.05, 3.63) is 29.0 Å². The summed E-state index contributed by atoms with van der Waals surface area (Å²) in [5.74, 6) is 0.783. The van der Waals surface area contributed by atoms with Crippen LogP contribution >= 0.6 is 11.6 Å². The Balaban J connectivity index is 2.44. The Kier molecular flexibility index (Phi) is 3.28. The third-order valence-corrected chi connectivity index (χ3v) is 3.03. The number of anilines is 1. The van der Waals surface area contributed by atoms with E-state index in [1.54, 1.807) is 25.3 Å². The van der Waals surface area contributed by atoms with E-state index in [1.807, 2.05) is 13.8 Å². The van der Waals surface area contributed by atoms with Gasteiger partial charge in [-0.3, -0.25) is 0 Å². The second kappa shape index (κ2) is 4.59. The van der Waals surface area contributed by atoms with Crippen LogP contribution in [0.25, 0.3) is 11.5 Å². The molecule has 0 atom stereocenters. The molecule has 1 aromatic heterocycles. The van der Waals surface area contributed by atoms with Gasteiger partial charge < -0.3 is 15.0 Å². The zero-order valence-electron chi connectivity index (χ0n) is 10.4. The highest BCUT2D eigenvalue weighted by molar-refractivity contribution is 6.33. The monoisotopic (exact) mass is 267 g/mol. The first kappa shape index (κ1) is 12.9. The van der Waals surface area contributed by atoms with Gasteiger partial charge in [0.2, 0.25) is 5.82 Å². The molecule has 0 aliphatic heterocycles. The number of benzene rings is 1. The molecule has 0 saturated heterocycles. The van der Waals surface area contributed by atoms with Crippen LogP contribution in [0.15, 0.2) is 22.7 Å². The molecule has 0 aliphatic carbocycles. The largest absolute Gasteiger partial charge is 0.399 e. The normalized spacial score (nSPS) is 11.8. The Hall–Kier alpha value is -1.59. The maximum atomic E-state index is 6.07. The van der Waals surface area contributed by atoms with Gasteiger partial charge in [-0.15, -0.1) is 0 Å². The Morgan fingerprint density at radius 3 is 2.78 bits per heavy atom. The summed E-state index contributed by atoms with van der Waals surface area (Å²) in [6, 6.07) is 5.10. The number of hydrogen-bond donors (Lipinski definition) is 1. The van der Waals surface area contributed by atoms with Gasteiger partial charge in [0.1, 0.15) is 5.60 Å². The first-order chi connectivity index (χ1) is 8.44. The van der Waals surface area contributed by atoms with Gasteiger partial charge in [0.25, 0.3) is 5.89 Å². The fraction of sp³-hybridized carbons (Fsp3) is 0.333. The number of rotatable bonds is 3. The number of nitrogens with zero attached hydrogens (tertiary/aromatic N) is 2. The number of halogens is 1. The molecular weight excluding hydrogens is 254 g/mol. The zero-order valence-corrected chi connectivity index (χ0v) is 11.2. The molecule has 2 N–H and O–H groups in total. The van der Waals surface area contributed by atoms with E-state index in [0.29, 0.717) is 28.0 Å². The van der Waals surface area contributed by atoms with Crippen LogP contribution in [0, 0.1) is 0 Å². The first-order valence-electron chi connectivity index (χ1n) is 5.39. The van der Waals surface area contributed by atoms with Crippen molar-refractivity contribution in [2.75, 3.05) is 12.8 Å². The molecule has 0 unspecified atom stereocenters. The van der Waals surface area contributed by atoms with Gasteiger partial charge in [-0.25, -0.2) is 0 Å². The molecule has 0 amide bonds. The molecule has 0 aliphatic rings. The number of aromatic nitrogens is 2. The summed E-state index contributed by atoms with van der Waals surface area (Å²) >= 11 is 6.07. The molecule has 0 radical (unpaired) electrons. The fourth-order valence-electron chi connectivity index (χ4n) is 1.38. The summed E-state index contributed by atoms with van der Waals surface area (Å²) in [7, 11) is 1.59. The van der Waals surface area contributed by atoms with Gasteiger partial charge in [0.15, 0.2) is 0 Å². The Morgan fingerprint density at radius 1 is 1.39 bits per heavy atom. The minimum atomic E-state index is -0.617. The van der Waals surface area contributed by atoms with Gasteiger partial charge in [-0.05, 0) is 32.0 Å². The summed E-state index contributed by atoms with van der Waals surface area (Å²) in [5.41, 5.74) is 6.29. The maximum Gasteiger partial charge on any atom is 0.259 e. The Bertz CT molecular complexity index is 566. The molecule has 0 fully saturated rings. The molecule has 0 saturated carbocycles. The lowest BCUT2D eigenvalue weighted by molar-refractivity contribution is 0.00973. The van der Waals surface area contributed by atoms with Crippen LogP contribution in [0.2, 0.25) is 5.02 Å². The molecule has 1 aromatic carbocycles. The third kappa shape index (κ3) is 2.32. The smallest absolute Gasteiger partial charge is 0.259 e. The molecular formula is C12H14ClN3O2. The molecule has 2 rings (SSSR count). The first-order valence-corrected chi connectivity index (χ1v) is 5.76. The molecule has 6 heteroatoms. The van der Waals surface area contributed by atoms with Crippen molar-refractivity contribution in [1.29, 1.82) is 0 Å². The van der Waals surface area contributed by atoms with Crippen molar-refractivity contribution in [3.8, 4) is 11.5 Å². The van der Waals surface area contributed by atoms with Gasteiger partial charge in [0, 0.05) is 12.8 Å². The van der Waals surface area contributed by atoms with Crippen LogP contribution in [0.3, 0.4) is 0 Å². The van der Waals surface area contributed by atoms with Crippen LogP contribution in [0.5, 0.6) is 0 Å². The predicted octanol–water partition coefficient (Wildman–Crippen LogP) is 2.85. The average Bonchev–Trinajstić information content (AvgIpc) is 2.82. The number of methoxy groups -OCH3 is 1. The molecule has 1 heterocycles. The second-order valence-electron chi connectivity index (χ2n) is 4.38. The number of nitrogens with two attached hydrogens (primary N) is 1. The van der Waals surface area contributed by atoms with Crippen LogP contribution < -0.4 is 5.73 Å². The summed E-state index contributed by atoms with van der Waals surface area (Å²) in [5, 5.41) is 4.40. The zero-order chi connectivity index (χ0) is 13.3. The van der Waals surface area contributed by atoms with E-state index in [4.69, 9.17) is 26.6 Å². The quantitative estimate of drug-likeness (QED) is 0.866. The highest BCUT2D eigenvalue weighted by Crippen LogP contribution is 2.30. The predicted molar refractivity (Wildman–Crippen MR) is 69.2 cm³/mol. The molecule has 18 heavy (non-hydrogen) atoms. The van der Waals surface area contributed by atoms with Crippen molar-refractivity contribution in [3.63, 3.8) is 0 Å². The van der Waals surface area contributed by atoms with E-state index < -0.39 is 5.60 Å². The van der Waals surface area contributed by atoms with Crippen LogP contribution in [0.1, 0.15) is 19.7 Å². The van der Waals surface area contributed by atoms with Crippen molar-refractivity contribution in [2.45, 2.75) is 19.4 Å². The lowest BCUT2D eigenvalue weighted by Gasteiger charge is -2.17. The minimum absolute atomic E-state index is 0.326. The maximum absolute atomic E-state index is 6.07. The van der Waals surface area contributed by atoms with Crippen molar-refractivity contribution in [1.82, 2.24) is 10.1 Å². The minimum Gasteiger partial charge on any atom is -0.399 e. The molecule has 96 valence electrons. The van der Waals surface area contributed by atoms with Gasteiger partial charge in [-0.2, -0.15) is 4.98 Å². The highest BCUT2D eigenvalue weighted by atomic mass is 35.5. The molecule has 2 aromatic rings. The van der Waals surface area contributed by atoms with Gasteiger partial charge in [0.05, 0.1) is 10.6 Å². The van der Waals surface area contributed by atoms with Gasteiger partial charge in [-0.1, -0.05) is 16.8 Å². The van der Waals surface area contributed by atoms with E-state index in [1.165, 1.54) is 0 Å². The van der Waals surface area contributed by atoms with Crippen LogP contribution in [-0.2, 0) is 10.3 Å². The summed E-state index contributed by atoms with van der Waals surface area (Å²) in [6.45, 7) is 3.70. The van der Waals surface area contributed by atoms with E-state index in [0.717, 1.165) is 0 Å². The lowest BCUT2D eigenvalue weighted by Crippen LogP contribution is -2.21. The second-order valence-corrected chi connectivity index (χ2v) is 4.78. The highest BCUT2D eigenvalue weighted by Gasteiger charge is 2.27. The van der Waals surface area contributed by atoms with E-state index in [-0.39, 0.29) is 0 Å². The average molecular weight is 268 g/mol. The number of nitrogen functional groups attached to an aromatic ring is 1. The van der Waals surface area contributed by atoms with Crippen LogP contribution in [0.4, 0.5) is 5.69 Å². The number of hydrogen-bond acceptors (Lipinski definition) is 5. The standard InChI is InChI=1S/C12H14ClN3O2/c1-12(2,17-3)11-15-10(18-16-11)8-6-7(14)4-5-9(8)13/h4-6H,14H2,1-3H3. The SMILES string of the molecule is COC(C)(C)c1noc(-c2cc(N)ccc2Cl)n1. The Labute approximate surface area is 110 Å². The summed E-state index contributed by atoms with van der Waals surface area (Å²) < 4.78 is 10.5. The number of ether oxygens (including phenoxy) is 1. The molecule has 5 nitrogen and oxygen atoms in total. The fourth-order valence-corrected chi connectivity index (χ4v) is 1.57. The van der Waals surface area contributed by atoms with Crippen LogP contribution in [-0.4, -0.2) is 17.3 Å². The van der Waals surface area contributed by atoms with E-state index in [2.05, 4.69) is 10.1 Å². The van der Waals surface area contributed by atoms with Crippen molar-refractivity contribution in [2.24, 2.45) is 0 Å². The van der Waals surface area contributed by atoms with E-state index in [9.17, 15) is 0 Å². The third-order valence-electron chi connectivity index (χ3n) is 2.70. The Morgan fingerprint density at radius 2 is 2.11 bits per heavy atom. The van der Waals surface area contributed by atoms with Crippen molar-refractivity contribution < 1.29 is 9.26 Å². The molecule has 0 bridgehead atoms. The van der Waals surface area contributed by atoms with Crippen molar-refractivity contribution >= 4 is 17.3 Å². The summed E-state index contributed by atoms with van der Waals surface area (Å²) in [6.07, 6.45) is 0. The topological polar surface area (TPSA) is 74.2 Å². The van der Waals surface area contributed by atoms with E-state index >= 15 is 0 Å². The van der Waals surface area contributed by atoms with Gasteiger partial charge >= 0.3 is 0 Å².